The number of carbonyl (C=O) groups is 1. The van der Waals surface area contributed by atoms with Gasteiger partial charge in [0.05, 0.1) is 5.92 Å². The lowest BCUT2D eigenvalue weighted by atomic mass is 9.93. The van der Waals surface area contributed by atoms with Gasteiger partial charge < -0.3 is 11.1 Å². The van der Waals surface area contributed by atoms with E-state index in [1.807, 2.05) is 19.1 Å². The minimum atomic E-state index is -0.120. The molecule has 0 spiro atoms. The quantitative estimate of drug-likeness (QED) is 0.789. The van der Waals surface area contributed by atoms with Gasteiger partial charge in [0.1, 0.15) is 0 Å². The van der Waals surface area contributed by atoms with Crippen LogP contribution in [0.4, 0.5) is 0 Å². The summed E-state index contributed by atoms with van der Waals surface area (Å²) in [4.78, 5) is 11.9. The van der Waals surface area contributed by atoms with E-state index in [0.29, 0.717) is 19.5 Å². The minimum absolute atomic E-state index is 0.0715. The zero-order valence-electron chi connectivity index (χ0n) is 10.7. The van der Waals surface area contributed by atoms with Crippen LogP contribution in [0.15, 0.2) is 24.3 Å². The van der Waals surface area contributed by atoms with Gasteiger partial charge in [-0.2, -0.15) is 0 Å². The molecule has 1 atom stereocenters. The molecule has 0 saturated heterocycles. The molecule has 0 fully saturated rings. The molecule has 0 aliphatic heterocycles. The van der Waals surface area contributed by atoms with E-state index < -0.39 is 0 Å². The Balaban J connectivity index is 2.84. The number of nitrogens with one attached hydrogen (secondary N) is 1. The van der Waals surface area contributed by atoms with Crippen LogP contribution in [0.5, 0.6) is 0 Å². The van der Waals surface area contributed by atoms with E-state index in [2.05, 4.69) is 24.4 Å². The van der Waals surface area contributed by atoms with Crippen LogP contribution >= 0.6 is 0 Å². The third-order valence-electron chi connectivity index (χ3n) is 2.91. The molecule has 0 bridgehead atoms. The largest absolute Gasteiger partial charge is 0.356 e. The van der Waals surface area contributed by atoms with Crippen molar-refractivity contribution in [2.75, 3.05) is 13.1 Å². The molecule has 3 N–H and O–H groups in total. The summed E-state index contributed by atoms with van der Waals surface area (Å²) < 4.78 is 0. The Hall–Kier alpha value is -1.35. The smallest absolute Gasteiger partial charge is 0.227 e. The molecule has 1 rings (SSSR count). The molecule has 0 aromatic heterocycles. The Morgan fingerprint density at radius 3 is 2.41 bits per heavy atom. The molecule has 3 nitrogen and oxygen atoms in total. The lowest BCUT2D eigenvalue weighted by Crippen LogP contribution is -2.30. The maximum atomic E-state index is 11.9. The van der Waals surface area contributed by atoms with Gasteiger partial charge in [0.25, 0.3) is 0 Å². The predicted molar refractivity (Wildman–Crippen MR) is 70.9 cm³/mol. The monoisotopic (exact) mass is 234 g/mol. The van der Waals surface area contributed by atoms with Crippen molar-refractivity contribution in [2.45, 2.75) is 32.6 Å². The molecule has 0 radical (unpaired) electrons. The van der Waals surface area contributed by atoms with Crippen LogP contribution in [-0.2, 0) is 11.2 Å². The van der Waals surface area contributed by atoms with E-state index in [-0.39, 0.29) is 11.8 Å². The average molecular weight is 234 g/mol. The van der Waals surface area contributed by atoms with E-state index in [1.54, 1.807) is 0 Å². The summed E-state index contributed by atoms with van der Waals surface area (Å²) >= 11 is 0. The van der Waals surface area contributed by atoms with Crippen LogP contribution in [0.2, 0.25) is 0 Å². The molecule has 1 unspecified atom stereocenters. The average Bonchev–Trinajstić information content (AvgIpc) is 2.36. The number of nitrogens with two attached hydrogens (primary N) is 1. The third kappa shape index (κ3) is 3.86. The third-order valence-corrected chi connectivity index (χ3v) is 2.91. The molecule has 1 aromatic carbocycles. The van der Waals surface area contributed by atoms with Crippen molar-refractivity contribution in [1.82, 2.24) is 5.32 Å². The second-order valence-corrected chi connectivity index (χ2v) is 4.12. The van der Waals surface area contributed by atoms with Gasteiger partial charge in [-0.3, -0.25) is 4.79 Å². The molecule has 3 heteroatoms. The van der Waals surface area contributed by atoms with Crippen LogP contribution < -0.4 is 11.1 Å². The van der Waals surface area contributed by atoms with E-state index in [4.69, 9.17) is 5.73 Å². The first kappa shape index (κ1) is 13.7. The van der Waals surface area contributed by atoms with Gasteiger partial charge >= 0.3 is 0 Å². The van der Waals surface area contributed by atoms with Gasteiger partial charge in [-0.15, -0.1) is 0 Å². The normalized spacial score (nSPS) is 12.2. The standard InChI is InChI=1S/C14H22N2O/c1-3-11-5-7-12(8-6-11)13(9-10-15)14(17)16-4-2/h5-8,13H,3-4,9-10,15H2,1-2H3,(H,16,17). The van der Waals surface area contributed by atoms with Crippen LogP contribution in [0, 0.1) is 0 Å². The summed E-state index contributed by atoms with van der Waals surface area (Å²) in [5, 5.41) is 2.86. The van der Waals surface area contributed by atoms with Crippen molar-refractivity contribution in [2.24, 2.45) is 5.73 Å². The van der Waals surface area contributed by atoms with Gasteiger partial charge in [-0.05, 0) is 37.4 Å². The zero-order valence-corrected chi connectivity index (χ0v) is 10.7. The Morgan fingerprint density at radius 2 is 1.94 bits per heavy atom. The zero-order chi connectivity index (χ0) is 12.7. The van der Waals surface area contributed by atoms with Crippen LogP contribution in [-0.4, -0.2) is 19.0 Å². The van der Waals surface area contributed by atoms with E-state index >= 15 is 0 Å². The van der Waals surface area contributed by atoms with Gasteiger partial charge in [0.15, 0.2) is 0 Å². The number of hydrogen-bond donors (Lipinski definition) is 2. The van der Waals surface area contributed by atoms with Crippen molar-refractivity contribution in [3.8, 4) is 0 Å². The summed E-state index contributed by atoms with van der Waals surface area (Å²) in [6.07, 6.45) is 1.71. The number of hydrogen-bond acceptors (Lipinski definition) is 2. The second-order valence-electron chi connectivity index (χ2n) is 4.12. The Kier molecular flexibility index (Phi) is 5.70. The molecule has 0 aliphatic rings. The van der Waals surface area contributed by atoms with Crippen molar-refractivity contribution < 1.29 is 4.79 Å². The lowest BCUT2D eigenvalue weighted by molar-refractivity contribution is -0.122. The van der Waals surface area contributed by atoms with Crippen molar-refractivity contribution in [1.29, 1.82) is 0 Å². The fraction of sp³-hybridized carbons (Fsp3) is 0.500. The Morgan fingerprint density at radius 1 is 1.29 bits per heavy atom. The first-order valence-corrected chi connectivity index (χ1v) is 6.29. The second kappa shape index (κ2) is 7.07. The lowest BCUT2D eigenvalue weighted by Gasteiger charge is -2.16. The Labute approximate surface area is 103 Å². The first-order valence-electron chi connectivity index (χ1n) is 6.29. The highest BCUT2D eigenvalue weighted by atomic mass is 16.1. The molecule has 17 heavy (non-hydrogen) atoms. The molecular formula is C14H22N2O. The van der Waals surface area contributed by atoms with Crippen molar-refractivity contribution in [3.05, 3.63) is 35.4 Å². The Bertz CT molecular complexity index is 346. The highest BCUT2D eigenvalue weighted by molar-refractivity contribution is 5.83. The van der Waals surface area contributed by atoms with Gasteiger partial charge in [0.2, 0.25) is 5.91 Å². The molecule has 0 saturated carbocycles. The minimum Gasteiger partial charge on any atom is -0.356 e. The fourth-order valence-corrected chi connectivity index (χ4v) is 1.90. The number of likely N-dealkylation sites (N-methyl/N-ethyl adjacent to an activating group) is 1. The predicted octanol–water partition coefficient (Wildman–Crippen LogP) is 1.82. The van der Waals surface area contributed by atoms with E-state index in [0.717, 1.165) is 12.0 Å². The summed E-state index contributed by atoms with van der Waals surface area (Å²) in [5.41, 5.74) is 7.92. The summed E-state index contributed by atoms with van der Waals surface area (Å²) in [6.45, 7) is 5.23. The molecule has 0 aliphatic carbocycles. The topological polar surface area (TPSA) is 55.1 Å². The maximum absolute atomic E-state index is 11.9. The fourth-order valence-electron chi connectivity index (χ4n) is 1.90. The maximum Gasteiger partial charge on any atom is 0.227 e. The molecular weight excluding hydrogens is 212 g/mol. The van der Waals surface area contributed by atoms with Crippen LogP contribution in [0.25, 0.3) is 0 Å². The van der Waals surface area contributed by atoms with Gasteiger partial charge in [-0.25, -0.2) is 0 Å². The van der Waals surface area contributed by atoms with E-state index in [1.165, 1.54) is 5.56 Å². The molecule has 94 valence electrons. The number of benzene rings is 1. The highest BCUT2D eigenvalue weighted by Gasteiger charge is 2.18. The summed E-state index contributed by atoms with van der Waals surface area (Å²) in [7, 11) is 0. The van der Waals surface area contributed by atoms with Gasteiger partial charge in [-0.1, -0.05) is 31.2 Å². The van der Waals surface area contributed by atoms with Crippen LogP contribution in [0.3, 0.4) is 0 Å². The summed E-state index contributed by atoms with van der Waals surface area (Å²) in [5.74, 6) is -0.0481. The SMILES string of the molecule is CCNC(=O)C(CCN)c1ccc(CC)cc1. The number of aryl methyl sites for hydroxylation is 1. The molecule has 0 heterocycles. The van der Waals surface area contributed by atoms with Gasteiger partial charge in [0, 0.05) is 6.54 Å². The molecule has 1 aromatic rings. The van der Waals surface area contributed by atoms with Crippen molar-refractivity contribution >= 4 is 5.91 Å². The van der Waals surface area contributed by atoms with E-state index in [9.17, 15) is 4.79 Å². The summed E-state index contributed by atoms with van der Waals surface area (Å²) in [6, 6.07) is 8.24. The van der Waals surface area contributed by atoms with Crippen LogP contribution in [0.1, 0.15) is 37.3 Å². The van der Waals surface area contributed by atoms with Crippen molar-refractivity contribution in [3.63, 3.8) is 0 Å². The molecule has 1 amide bonds. The number of rotatable bonds is 6. The highest BCUT2D eigenvalue weighted by Crippen LogP contribution is 2.20. The number of amides is 1. The first-order chi connectivity index (χ1) is 8.22. The number of carbonyl (C=O) groups excluding carboxylic acids is 1.